The molecule has 0 saturated carbocycles. The van der Waals surface area contributed by atoms with E-state index in [9.17, 15) is 4.79 Å². The molecule has 1 aliphatic rings. The predicted octanol–water partition coefficient (Wildman–Crippen LogP) is 2.18. The molecule has 1 amide bonds. The molecule has 0 bridgehead atoms. The summed E-state index contributed by atoms with van der Waals surface area (Å²) in [7, 11) is 0. The fraction of sp³-hybridized carbons (Fsp3) is 0.500. The van der Waals surface area contributed by atoms with E-state index in [1.165, 1.54) is 0 Å². The van der Waals surface area contributed by atoms with Gasteiger partial charge in [-0.15, -0.1) is 0 Å². The summed E-state index contributed by atoms with van der Waals surface area (Å²) in [6.07, 6.45) is 3.72. The molecule has 0 aromatic carbocycles. The van der Waals surface area contributed by atoms with Crippen LogP contribution in [-0.2, 0) is 6.54 Å². The van der Waals surface area contributed by atoms with E-state index in [1.54, 1.807) is 10.7 Å². The summed E-state index contributed by atoms with van der Waals surface area (Å²) in [4.78, 5) is 14.4. The van der Waals surface area contributed by atoms with E-state index in [2.05, 4.69) is 10.3 Å². The van der Waals surface area contributed by atoms with Crippen LogP contribution in [0.25, 0.3) is 0 Å². The van der Waals surface area contributed by atoms with Gasteiger partial charge in [-0.1, -0.05) is 5.16 Å². The molecule has 2 aromatic heterocycles. The van der Waals surface area contributed by atoms with Gasteiger partial charge in [0.2, 0.25) is 0 Å². The van der Waals surface area contributed by atoms with Gasteiger partial charge in [-0.3, -0.25) is 9.48 Å². The highest BCUT2D eigenvalue weighted by Gasteiger charge is 2.33. The van der Waals surface area contributed by atoms with Crippen LogP contribution in [0.3, 0.4) is 0 Å². The summed E-state index contributed by atoms with van der Waals surface area (Å²) in [5.74, 6) is 0.733. The molecule has 3 rings (SSSR count). The molecule has 1 atom stereocenters. The first-order valence-corrected chi connectivity index (χ1v) is 6.96. The van der Waals surface area contributed by atoms with Crippen molar-refractivity contribution >= 4 is 5.91 Å². The van der Waals surface area contributed by atoms with E-state index in [0.29, 0.717) is 5.69 Å². The van der Waals surface area contributed by atoms with Crippen molar-refractivity contribution in [3.05, 3.63) is 35.5 Å². The number of carbonyl (C=O) groups is 1. The summed E-state index contributed by atoms with van der Waals surface area (Å²) < 4.78 is 7.08. The minimum Gasteiger partial charge on any atom is -0.359 e. The number of carbonyl (C=O) groups excluding carboxylic acids is 1. The Kier molecular flexibility index (Phi) is 3.30. The Bertz CT molecular complexity index is 616. The van der Waals surface area contributed by atoms with Crippen LogP contribution in [0.15, 0.2) is 22.9 Å². The Morgan fingerprint density at radius 2 is 2.40 bits per heavy atom. The summed E-state index contributed by atoms with van der Waals surface area (Å²) in [6, 6.07) is 3.66. The topological polar surface area (TPSA) is 64.2 Å². The molecule has 0 unspecified atom stereocenters. The number of aryl methyl sites for hydroxylation is 2. The van der Waals surface area contributed by atoms with Gasteiger partial charge in [0.05, 0.1) is 11.7 Å². The highest BCUT2D eigenvalue weighted by atomic mass is 16.5. The van der Waals surface area contributed by atoms with Crippen LogP contribution < -0.4 is 0 Å². The lowest BCUT2D eigenvalue weighted by Crippen LogP contribution is -2.30. The van der Waals surface area contributed by atoms with Crippen LogP contribution in [0.5, 0.6) is 0 Å². The van der Waals surface area contributed by atoms with E-state index in [0.717, 1.165) is 37.4 Å². The standard InChI is InChI=1S/C14H18N4O2/c1-3-17-8-6-11(15-17)14(19)18-7-4-5-12(18)13-9-10(2)16-20-13/h6,8-9,12H,3-5,7H2,1-2H3/t12-/m0/s1. The van der Waals surface area contributed by atoms with E-state index in [-0.39, 0.29) is 11.9 Å². The summed E-state index contributed by atoms with van der Waals surface area (Å²) in [5.41, 5.74) is 1.34. The SMILES string of the molecule is CCn1ccc(C(=O)N2CCC[C@H]2c2cc(C)no2)n1. The molecule has 0 N–H and O–H groups in total. The van der Waals surface area contributed by atoms with Crippen LogP contribution in [-0.4, -0.2) is 32.3 Å². The van der Waals surface area contributed by atoms with Gasteiger partial charge < -0.3 is 9.42 Å². The quantitative estimate of drug-likeness (QED) is 0.860. The molecule has 2 aromatic rings. The fourth-order valence-corrected chi connectivity index (χ4v) is 2.64. The summed E-state index contributed by atoms with van der Waals surface area (Å²) >= 11 is 0. The van der Waals surface area contributed by atoms with Gasteiger partial charge in [-0.2, -0.15) is 5.10 Å². The number of likely N-dealkylation sites (tertiary alicyclic amines) is 1. The van der Waals surface area contributed by atoms with Crippen molar-refractivity contribution in [2.24, 2.45) is 0 Å². The average molecular weight is 274 g/mol. The normalized spacial score (nSPS) is 18.7. The minimum absolute atomic E-state index is 0.0181. The number of hydrogen-bond acceptors (Lipinski definition) is 4. The Morgan fingerprint density at radius 3 is 3.05 bits per heavy atom. The predicted molar refractivity (Wildman–Crippen MR) is 72.2 cm³/mol. The molecule has 1 aliphatic heterocycles. The zero-order valence-corrected chi connectivity index (χ0v) is 11.7. The Morgan fingerprint density at radius 1 is 1.55 bits per heavy atom. The van der Waals surface area contributed by atoms with E-state index in [1.807, 2.05) is 31.0 Å². The first-order valence-electron chi connectivity index (χ1n) is 6.96. The third kappa shape index (κ3) is 2.21. The highest BCUT2D eigenvalue weighted by Crippen LogP contribution is 2.33. The van der Waals surface area contributed by atoms with Crippen molar-refractivity contribution in [2.45, 2.75) is 39.3 Å². The zero-order chi connectivity index (χ0) is 14.1. The first-order chi connectivity index (χ1) is 9.69. The van der Waals surface area contributed by atoms with Gasteiger partial charge >= 0.3 is 0 Å². The van der Waals surface area contributed by atoms with Crippen molar-refractivity contribution in [2.75, 3.05) is 6.54 Å². The number of aromatic nitrogens is 3. The molecule has 3 heterocycles. The fourth-order valence-electron chi connectivity index (χ4n) is 2.64. The van der Waals surface area contributed by atoms with E-state index in [4.69, 9.17) is 4.52 Å². The van der Waals surface area contributed by atoms with Crippen LogP contribution in [0.1, 0.15) is 47.7 Å². The van der Waals surface area contributed by atoms with E-state index >= 15 is 0 Å². The average Bonchev–Trinajstić information content (AvgIpc) is 3.17. The number of nitrogens with zero attached hydrogens (tertiary/aromatic N) is 4. The smallest absolute Gasteiger partial charge is 0.274 e. The Hall–Kier alpha value is -2.11. The second-order valence-electron chi connectivity index (χ2n) is 5.08. The Balaban J connectivity index is 1.83. The lowest BCUT2D eigenvalue weighted by molar-refractivity contribution is 0.0707. The first kappa shape index (κ1) is 12.9. The molecular formula is C14H18N4O2. The van der Waals surface area contributed by atoms with Crippen molar-refractivity contribution in [3.8, 4) is 0 Å². The van der Waals surface area contributed by atoms with Crippen LogP contribution in [0.4, 0.5) is 0 Å². The molecular weight excluding hydrogens is 256 g/mol. The summed E-state index contributed by atoms with van der Waals surface area (Å²) in [6.45, 7) is 5.38. The molecule has 1 fully saturated rings. The maximum absolute atomic E-state index is 12.6. The molecule has 0 aliphatic carbocycles. The van der Waals surface area contributed by atoms with Crippen molar-refractivity contribution < 1.29 is 9.32 Å². The van der Waals surface area contributed by atoms with Gasteiger partial charge in [0, 0.05) is 25.4 Å². The molecule has 6 nitrogen and oxygen atoms in total. The molecule has 6 heteroatoms. The molecule has 0 spiro atoms. The maximum Gasteiger partial charge on any atom is 0.274 e. The second-order valence-corrected chi connectivity index (χ2v) is 5.08. The monoisotopic (exact) mass is 274 g/mol. The molecule has 1 saturated heterocycles. The minimum atomic E-state index is -0.0336. The third-order valence-corrected chi connectivity index (χ3v) is 3.67. The second kappa shape index (κ2) is 5.11. The number of amides is 1. The van der Waals surface area contributed by atoms with Gasteiger partial charge in [0.15, 0.2) is 5.76 Å². The molecule has 20 heavy (non-hydrogen) atoms. The van der Waals surface area contributed by atoms with E-state index < -0.39 is 0 Å². The maximum atomic E-state index is 12.6. The van der Waals surface area contributed by atoms with Crippen LogP contribution in [0.2, 0.25) is 0 Å². The highest BCUT2D eigenvalue weighted by molar-refractivity contribution is 5.92. The Labute approximate surface area is 117 Å². The van der Waals surface area contributed by atoms with Gasteiger partial charge in [0.25, 0.3) is 5.91 Å². The molecule has 0 radical (unpaired) electrons. The van der Waals surface area contributed by atoms with Gasteiger partial charge in [0.1, 0.15) is 5.69 Å². The van der Waals surface area contributed by atoms with Crippen LogP contribution >= 0.6 is 0 Å². The molecule has 106 valence electrons. The number of rotatable bonds is 3. The number of hydrogen-bond donors (Lipinski definition) is 0. The van der Waals surface area contributed by atoms with Gasteiger partial charge in [-0.25, -0.2) is 0 Å². The van der Waals surface area contributed by atoms with Gasteiger partial charge in [-0.05, 0) is 32.8 Å². The lowest BCUT2D eigenvalue weighted by atomic mass is 10.1. The lowest BCUT2D eigenvalue weighted by Gasteiger charge is -2.21. The summed E-state index contributed by atoms with van der Waals surface area (Å²) in [5, 5.41) is 8.20. The third-order valence-electron chi connectivity index (χ3n) is 3.67. The van der Waals surface area contributed by atoms with Crippen molar-refractivity contribution in [1.29, 1.82) is 0 Å². The zero-order valence-electron chi connectivity index (χ0n) is 11.7. The van der Waals surface area contributed by atoms with Crippen molar-refractivity contribution in [3.63, 3.8) is 0 Å². The van der Waals surface area contributed by atoms with Crippen molar-refractivity contribution in [1.82, 2.24) is 19.8 Å². The van der Waals surface area contributed by atoms with Crippen LogP contribution in [0, 0.1) is 6.92 Å². The largest absolute Gasteiger partial charge is 0.359 e.